The number of methoxy groups -OCH3 is 2. The SMILES string of the molecule is COc1nc(NCC2CCC(O)CC2)nc(OC)n1. The Morgan fingerprint density at radius 3 is 2.16 bits per heavy atom. The van der Waals surface area contributed by atoms with Crippen molar-refractivity contribution in [2.45, 2.75) is 31.8 Å². The van der Waals surface area contributed by atoms with Gasteiger partial charge in [-0.1, -0.05) is 0 Å². The number of aliphatic hydroxyl groups excluding tert-OH is 1. The highest BCUT2D eigenvalue weighted by atomic mass is 16.5. The Balaban J connectivity index is 1.91. The lowest BCUT2D eigenvalue weighted by atomic mass is 9.87. The average molecular weight is 268 g/mol. The quantitative estimate of drug-likeness (QED) is 0.818. The molecule has 0 amide bonds. The van der Waals surface area contributed by atoms with Crippen LogP contribution in [0.4, 0.5) is 5.95 Å². The lowest BCUT2D eigenvalue weighted by Gasteiger charge is -2.25. The molecule has 1 aliphatic rings. The van der Waals surface area contributed by atoms with Crippen LogP contribution in [-0.2, 0) is 0 Å². The Hall–Kier alpha value is -1.63. The molecule has 1 saturated carbocycles. The molecule has 1 aliphatic carbocycles. The van der Waals surface area contributed by atoms with Crippen LogP contribution in [-0.4, -0.2) is 46.9 Å². The number of nitrogens with zero attached hydrogens (tertiary/aromatic N) is 3. The van der Waals surface area contributed by atoms with Gasteiger partial charge in [0, 0.05) is 6.54 Å². The Morgan fingerprint density at radius 1 is 1.05 bits per heavy atom. The number of rotatable bonds is 5. The Morgan fingerprint density at radius 2 is 1.63 bits per heavy atom. The second kappa shape index (κ2) is 6.51. The molecule has 1 aromatic heterocycles. The van der Waals surface area contributed by atoms with E-state index in [0.29, 0.717) is 11.9 Å². The fraction of sp³-hybridized carbons (Fsp3) is 0.750. The van der Waals surface area contributed by atoms with Crippen molar-refractivity contribution in [1.29, 1.82) is 0 Å². The molecule has 1 fully saturated rings. The molecule has 19 heavy (non-hydrogen) atoms. The van der Waals surface area contributed by atoms with Gasteiger partial charge >= 0.3 is 12.0 Å². The molecule has 7 heteroatoms. The molecule has 0 aliphatic heterocycles. The van der Waals surface area contributed by atoms with Gasteiger partial charge in [0.2, 0.25) is 5.95 Å². The topological polar surface area (TPSA) is 89.4 Å². The van der Waals surface area contributed by atoms with E-state index >= 15 is 0 Å². The summed E-state index contributed by atoms with van der Waals surface area (Å²) >= 11 is 0. The van der Waals surface area contributed by atoms with Gasteiger partial charge in [-0.3, -0.25) is 0 Å². The van der Waals surface area contributed by atoms with Crippen LogP contribution in [0.1, 0.15) is 25.7 Å². The number of anilines is 1. The van der Waals surface area contributed by atoms with E-state index in [2.05, 4.69) is 20.3 Å². The number of aromatic nitrogens is 3. The van der Waals surface area contributed by atoms with Gasteiger partial charge in [-0.05, 0) is 31.6 Å². The largest absolute Gasteiger partial charge is 0.467 e. The summed E-state index contributed by atoms with van der Waals surface area (Å²) in [7, 11) is 3.00. The lowest BCUT2D eigenvalue weighted by Crippen LogP contribution is -2.24. The first-order valence-corrected chi connectivity index (χ1v) is 6.47. The zero-order valence-corrected chi connectivity index (χ0v) is 11.3. The lowest BCUT2D eigenvalue weighted by molar-refractivity contribution is 0.111. The predicted molar refractivity (Wildman–Crippen MR) is 69.4 cm³/mol. The molecule has 7 nitrogen and oxygen atoms in total. The van der Waals surface area contributed by atoms with Crippen molar-refractivity contribution < 1.29 is 14.6 Å². The minimum absolute atomic E-state index is 0.131. The summed E-state index contributed by atoms with van der Waals surface area (Å²) in [5, 5.41) is 12.6. The summed E-state index contributed by atoms with van der Waals surface area (Å²) in [6, 6.07) is 0.460. The molecule has 0 radical (unpaired) electrons. The molecule has 0 unspecified atom stereocenters. The van der Waals surface area contributed by atoms with Crippen molar-refractivity contribution in [2.75, 3.05) is 26.1 Å². The van der Waals surface area contributed by atoms with Crippen LogP contribution in [0.5, 0.6) is 12.0 Å². The van der Waals surface area contributed by atoms with Crippen LogP contribution in [0.3, 0.4) is 0 Å². The average Bonchev–Trinajstić information content (AvgIpc) is 2.46. The summed E-state index contributed by atoms with van der Waals surface area (Å²) in [6.07, 6.45) is 3.65. The fourth-order valence-electron chi connectivity index (χ4n) is 2.18. The van der Waals surface area contributed by atoms with Gasteiger partial charge in [0.15, 0.2) is 0 Å². The third-order valence-electron chi connectivity index (χ3n) is 3.32. The van der Waals surface area contributed by atoms with Crippen molar-refractivity contribution in [1.82, 2.24) is 15.0 Å². The maximum absolute atomic E-state index is 9.46. The van der Waals surface area contributed by atoms with Gasteiger partial charge in [-0.2, -0.15) is 9.97 Å². The van der Waals surface area contributed by atoms with Crippen LogP contribution < -0.4 is 14.8 Å². The van der Waals surface area contributed by atoms with E-state index in [1.807, 2.05) is 0 Å². The highest BCUT2D eigenvalue weighted by Crippen LogP contribution is 2.24. The molecule has 0 bridgehead atoms. The molecule has 2 rings (SSSR count). The van der Waals surface area contributed by atoms with Gasteiger partial charge in [0.1, 0.15) is 0 Å². The molecule has 2 N–H and O–H groups in total. The van der Waals surface area contributed by atoms with Gasteiger partial charge in [0.05, 0.1) is 20.3 Å². The second-order valence-electron chi connectivity index (χ2n) is 4.69. The molecule has 0 spiro atoms. The van der Waals surface area contributed by atoms with Crippen molar-refractivity contribution in [3.05, 3.63) is 0 Å². The van der Waals surface area contributed by atoms with E-state index in [-0.39, 0.29) is 18.1 Å². The Kier molecular flexibility index (Phi) is 4.73. The maximum Gasteiger partial charge on any atom is 0.324 e. The third kappa shape index (κ3) is 3.92. The highest BCUT2D eigenvalue weighted by Gasteiger charge is 2.19. The minimum atomic E-state index is -0.131. The van der Waals surface area contributed by atoms with Crippen LogP contribution in [0.2, 0.25) is 0 Å². The van der Waals surface area contributed by atoms with Gasteiger partial charge in [0.25, 0.3) is 0 Å². The zero-order chi connectivity index (χ0) is 13.7. The molecule has 0 aromatic carbocycles. The van der Waals surface area contributed by atoms with E-state index in [0.717, 1.165) is 32.2 Å². The second-order valence-corrected chi connectivity index (χ2v) is 4.69. The number of hydrogen-bond acceptors (Lipinski definition) is 7. The minimum Gasteiger partial charge on any atom is -0.467 e. The van der Waals surface area contributed by atoms with Gasteiger partial charge in [-0.15, -0.1) is 4.98 Å². The first kappa shape index (κ1) is 13.8. The van der Waals surface area contributed by atoms with Gasteiger partial charge < -0.3 is 19.9 Å². The summed E-state index contributed by atoms with van der Waals surface area (Å²) in [5.41, 5.74) is 0. The normalized spacial score (nSPS) is 22.9. The number of hydrogen-bond donors (Lipinski definition) is 2. The van der Waals surface area contributed by atoms with Crippen LogP contribution in [0.25, 0.3) is 0 Å². The fourth-order valence-corrected chi connectivity index (χ4v) is 2.18. The van der Waals surface area contributed by atoms with E-state index in [1.165, 1.54) is 14.2 Å². The summed E-state index contributed by atoms with van der Waals surface area (Å²) in [6.45, 7) is 0.781. The smallest absolute Gasteiger partial charge is 0.324 e. The van der Waals surface area contributed by atoms with Gasteiger partial charge in [-0.25, -0.2) is 0 Å². The number of ether oxygens (including phenoxy) is 2. The molecular formula is C12H20N4O3. The van der Waals surface area contributed by atoms with E-state index in [1.54, 1.807) is 0 Å². The van der Waals surface area contributed by atoms with E-state index in [4.69, 9.17) is 9.47 Å². The summed E-state index contributed by atoms with van der Waals surface area (Å²) in [5.74, 6) is 0.993. The van der Waals surface area contributed by atoms with Crippen LogP contribution in [0, 0.1) is 5.92 Å². The van der Waals surface area contributed by atoms with Crippen LogP contribution in [0.15, 0.2) is 0 Å². The molecule has 106 valence electrons. The first-order valence-electron chi connectivity index (χ1n) is 6.47. The Bertz CT molecular complexity index is 386. The van der Waals surface area contributed by atoms with Crippen molar-refractivity contribution >= 4 is 5.95 Å². The standard InChI is InChI=1S/C12H20N4O3/c1-18-11-14-10(15-12(16-11)19-2)13-7-8-3-5-9(17)6-4-8/h8-9,17H,3-7H2,1-2H3,(H,13,14,15,16). The molecular weight excluding hydrogens is 248 g/mol. The van der Waals surface area contributed by atoms with Crippen molar-refractivity contribution in [3.63, 3.8) is 0 Å². The van der Waals surface area contributed by atoms with Crippen molar-refractivity contribution in [3.8, 4) is 12.0 Å². The predicted octanol–water partition coefficient (Wildman–Crippen LogP) is 0.852. The third-order valence-corrected chi connectivity index (χ3v) is 3.32. The van der Waals surface area contributed by atoms with Crippen molar-refractivity contribution in [2.24, 2.45) is 5.92 Å². The summed E-state index contributed by atoms with van der Waals surface area (Å²) in [4.78, 5) is 12.2. The molecule has 0 atom stereocenters. The highest BCUT2D eigenvalue weighted by molar-refractivity contribution is 5.27. The summed E-state index contributed by atoms with van der Waals surface area (Å²) < 4.78 is 9.98. The molecule has 1 heterocycles. The monoisotopic (exact) mass is 268 g/mol. The zero-order valence-electron chi connectivity index (χ0n) is 11.3. The first-order chi connectivity index (χ1) is 9.21. The number of aliphatic hydroxyl groups is 1. The number of nitrogens with one attached hydrogen (secondary N) is 1. The molecule has 1 aromatic rings. The maximum atomic E-state index is 9.46. The van der Waals surface area contributed by atoms with E-state index in [9.17, 15) is 5.11 Å². The van der Waals surface area contributed by atoms with E-state index < -0.39 is 0 Å². The molecule has 0 saturated heterocycles. The van der Waals surface area contributed by atoms with Crippen LogP contribution >= 0.6 is 0 Å². The Labute approximate surface area is 112 Å².